The van der Waals surface area contributed by atoms with Crippen molar-refractivity contribution in [3.63, 3.8) is 0 Å². The van der Waals surface area contributed by atoms with Crippen LogP contribution >= 0.6 is 11.3 Å². The lowest BCUT2D eigenvalue weighted by Gasteiger charge is -2.15. The van der Waals surface area contributed by atoms with Crippen molar-refractivity contribution in [3.05, 3.63) is 33.8 Å². The van der Waals surface area contributed by atoms with Gasteiger partial charge in [-0.3, -0.25) is 0 Å². The van der Waals surface area contributed by atoms with Crippen molar-refractivity contribution in [2.24, 2.45) is 0 Å². The lowest BCUT2D eigenvalue weighted by atomic mass is 9.94. The van der Waals surface area contributed by atoms with Gasteiger partial charge in [-0.15, -0.1) is 11.3 Å². The van der Waals surface area contributed by atoms with Crippen molar-refractivity contribution < 1.29 is 9.32 Å². The Labute approximate surface area is 126 Å². The van der Waals surface area contributed by atoms with E-state index in [0.29, 0.717) is 16.3 Å². The molecule has 0 aromatic carbocycles. The Hall–Kier alpha value is -2.33. The fraction of sp³-hybridized carbons (Fsp3) is 0.357. The number of rotatable bonds is 3. The number of amides is 2. The number of hydrogen-bond donors (Lipinski definition) is 2. The van der Waals surface area contributed by atoms with Crippen LogP contribution in [0.25, 0.3) is 0 Å². The average Bonchev–Trinajstić information content (AvgIpc) is 3.04. The van der Waals surface area contributed by atoms with E-state index >= 15 is 0 Å². The number of carbonyl (C=O) groups excluding carboxylic acids is 1. The Kier molecular flexibility index (Phi) is 4.29. The largest absolute Gasteiger partial charge is 0.364 e. The van der Waals surface area contributed by atoms with Crippen molar-refractivity contribution in [2.75, 3.05) is 5.32 Å². The highest BCUT2D eigenvalue weighted by Gasteiger charge is 2.20. The van der Waals surface area contributed by atoms with E-state index in [-0.39, 0.29) is 18.0 Å². The van der Waals surface area contributed by atoms with E-state index in [1.54, 1.807) is 6.07 Å². The molecule has 2 aromatic heterocycles. The smallest absolute Gasteiger partial charge is 0.319 e. The number of anilines is 1. The quantitative estimate of drug-likeness (QED) is 0.910. The summed E-state index contributed by atoms with van der Waals surface area (Å²) in [7, 11) is 0. The minimum atomic E-state index is -0.382. The molecule has 0 atom stereocenters. The van der Waals surface area contributed by atoms with Crippen LogP contribution in [0, 0.1) is 11.3 Å². The molecule has 21 heavy (non-hydrogen) atoms. The first-order valence-electron chi connectivity index (χ1n) is 6.38. The van der Waals surface area contributed by atoms with Gasteiger partial charge in [-0.1, -0.05) is 25.9 Å². The van der Waals surface area contributed by atoms with Gasteiger partial charge in [0, 0.05) is 10.9 Å². The molecular weight excluding hydrogens is 288 g/mol. The number of carbonyl (C=O) groups is 1. The number of nitrogens with zero attached hydrogens (tertiary/aromatic N) is 2. The van der Waals surface area contributed by atoms with Gasteiger partial charge in [-0.25, -0.2) is 4.79 Å². The average molecular weight is 304 g/mol. The molecule has 0 fully saturated rings. The molecule has 0 aliphatic carbocycles. The molecule has 2 aromatic rings. The number of thiophene rings is 1. The molecule has 110 valence electrons. The van der Waals surface area contributed by atoms with Gasteiger partial charge in [-0.05, 0) is 11.5 Å². The van der Waals surface area contributed by atoms with Gasteiger partial charge in [0.15, 0.2) is 0 Å². The highest BCUT2D eigenvalue weighted by atomic mass is 32.1. The summed E-state index contributed by atoms with van der Waals surface area (Å²) < 4.78 is 4.68. The summed E-state index contributed by atoms with van der Waals surface area (Å²) in [6, 6.07) is 5.25. The van der Waals surface area contributed by atoms with E-state index in [9.17, 15) is 4.79 Å². The van der Waals surface area contributed by atoms with Gasteiger partial charge in [0.25, 0.3) is 0 Å². The number of nitrogens with one attached hydrogen (secondary N) is 2. The van der Waals surface area contributed by atoms with Gasteiger partial charge in [0.1, 0.15) is 22.9 Å². The Morgan fingerprint density at radius 2 is 2.29 bits per heavy atom. The van der Waals surface area contributed by atoms with Gasteiger partial charge >= 0.3 is 6.03 Å². The third-order valence-electron chi connectivity index (χ3n) is 2.74. The lowest BCUT2D eigenvalue weighted by molar-refractivity contribution is 0.251. The Bertz CT molecular complexity index is 662. The van der Waals surface area contributed by atoms with Crippen molar-refractivity contribution in [1.82, 2.24) is 10.5 Å². The van der Waals surface area contributed by atoms with Crippen LogP contribution < -0.4 is 10.6 Å². The Morgan fingerprint density at radius 1 is 1.52 bits per heavy atom. The van der Waals surface area contributed by atoms with Crippen molar-refractivity contribution in [2.45, 2.75) is 32.7 Å². The Balaban J connectivity index is 2.03. The van der Waals surface area contributed by atoms with Crippen LogP contribution in [0.1, 0.15) is 36.2 Å². The molecule has 2 heterocycles. The lowest BCUT2D eigenvalue weighted by Crippen LogP contribution is -2.28. The SMILES string of the molecule is CC(C)(C)c1cc(NC(=O)NCc2ccon2)c(C#N)s1. The zero-order valence-corrected chi connectivity index (χ0v) is 12.9. The fourth-order valence-corrected chi connectivity index (χ4v) is 2.57. The molecule has 7 heteroatoms. The van der Waals surface area contributed by atoms with E-state index < -0.39 is 0 Å². The maximum Gasteiger partial charge on any atom is 0.319 e. The summed E-state index contributed by atoms with van der Waals surface area (Å²) in [4.78, 5) is 13.4. The molecule has 0 aliphatic rings. The second kappa shape index (κ2) is 5.97. The molecule has 0 radical (unpaired) electrons. The molecule has 2 rings (SSSR count). The number of nitriles is 1. The first-order chi connectivity index (χ1) is 9.90. The second-order valence-corrected chi connectivity index (χ2v) is 6.57. The van der Waals surface area contributed by atoms with Gasteiger partial charge in [0.05, 0.1) is 12.2 Å². The zero-order chi connectivity index (χ0) is 15.5. The fourth-order valence-electron chi connectivity index (χ4n) is 1.60. The van der Waals surface area contributed by atoms with Crippen LogP contribution in [0.4, 0.5) is 10.5 Å². The standard InChI is InChI=1S/C14H16N4O2S/c1-14(2,3)12-6-10(11(7-15)21-12)17-13(19)16-8-9-4-5-20-18-9/h4-6H,8H2,1-3H3,(H2,16,17,19). The van der Waals surface area contributed by atoms with Gasteiger partial charge < -0.3 is 15.2 Å². The van der Waals surface area contributed by atoms with Crippen LogP contribution in [-0.2, 0) is 12.0 Å². The number of hydrogen-bond acceptors (Lipinski definition) is 5. The van der Waals surface area contributed by atoms with Gasteiger partial charge in [-0.2, -0.15) is 5.26 Å². The molecular formula is C14H16N4O2S. The Morgan fingerprint density at radius 3 is 2.86 bits per heavy atom. The predicted molar refractivity (Wildman–Crippen MR) is 80.1 cm³/mol. The molecule has 0 saturated heterocycles. The van der Waals surface area contributed by atoms with E-state index in [1.165, 1.54) is 17.6 Å². The molecule has 2 amide bonds. The molecule has 0 aliphatic heterocycles. The third kappa shape index (κ3) is 3.83. The third-order valence-corrected chi connectivity index (χ3v) is 4.21. The van der Waals surface area contributed by atoms with Crippen LogP contribution in [0.2, 0.25) is 0 Å². The second-order valence-electron chi connectivity index (χ2n) is 5.51. The van der Waals surface area contributed by atoms with Crippen LogP contribution in [0.15, 0.2) is 22.9 Å². The maximum absolute atomic E-state index is 11.8. The highest BCUT2D eigenvalue weighted by molar-refractivity contribution is 7.13. The number of aromatic nitrogens is 1. The predicted octanol–water partition coefficient (Wildman–Crippen LogP) is 3.23. The number of urea groups is 1. The van der Waals surface area contributed by atoms with Gasteiger partial charge in [0.2, 0.25) is 0 Å². The van der Waals surface area contributed by atoms with E-state index in [2.05, 4.69) is 47.2 Å². The van der Waals surface area contributed by atoms with Crippen LogP contribution in [0.3, 0.4) is 0 Å². The molecule has 6 nitrogen and oxygen atoms in total. The molecule has 0 bridgehead atoms. The summed E-state index contributed by atoms with van der Waals surface area (Å²) >= 11 is 1.39. The van der Waals surface area contributed by atoms with Crippen molar-refractivity contribution in [1.29, 1.82) is 5.26 Å². The summed E-state index contributed by atoms with van der Waals surface area (Å²) in [5.41, 5.74) is 1.10. The summed E-state index contributed by atoms with van der Waals surface area (Å²) in [5.74, 6) is 0. The minimum Gasteiger partial charge on any atom is -0.364 e. The normalized spacial score (nSPS) is 11.0. The van der Waals surface area contributed by atoms with Crippen LogP contribution in [0.5, 0.6) is 0 Å². The van der Waals surface area contributed by atoms with Crippen molar-refractivity contribution in [3.8, 4) is 6.07 Å². The highest BCUT2D eigenvalue weighted by Crippen LogP contribution is 2.34. The first-order valence-corrected chi connectivity index (χ1v) is 7.20. The van der Waals surface area contributed by atoms with E-state index in [4.69, 9.17) is 5.26 Å². The molecule has 0 spiro atoms. The monoisotopic (exact) mass is 304 g/mol. The molecule has 0 saturated carbocycles. The van der Waals surface area contributed by atoms with E-state index in [0.717, 1.165) is 4.88 Å². The summed E-state index contributed by atoms with van der Waals surface area (Å²) in [6.07, 6.45) is 1.44. The zero-order valence-electron chi connectivity index (χ0n) is 12.1. The molecule has 0 unspecified atom stereocenters. The topological polar surface area (TPSA) is 90.9 Å². The van der Waals surface area contributed by atoms with E-state index in [1.807, 2.05) is 6.07 Å². The maximum atomic E-state index is 11.8. The summed E-state index contributed by atoms with van der Waals surface area (Å²) in [5, 5.41) is 18.2. The first kappa shape index (κ1) is 15.1. The minimum absolute atomic E-state index is 0.0621. The van der Waals surface area contributed by atoms with Crippen molar-refractivity contribution >= 4 is 23.1 Å². The van der Waals surface area contributed by atoms with Crippen LogP contribution in [-0.4, -0.2) is 11.2 Å². The molecule has 2 N–H and O–H groups in total. The summed E-state index contributed by atoms with van der Waals surface area (Å²) in [6.45, 7) is 6.46.